The van der Waals surface area contributed by atoms with Gasteiger partial charge in [-0.25, -0.2) is 23.4 Å². The molecule has 0 radical (unpaired) electrons. The van der Waals surface area contributed by atoms with Crippen molar-refractivity contribution in [1.29, 1.82) is 0 Å². The summed E-state index contributed by atoms with van der Waals surface area (Å²) in [5.41, 5.74) is 4.57. The Kier molecular flexibility index (Phi) is 10.5. The molecule has 13 nitrogen and oxygen atoms in total. The largest absolute Gasteiger partial charge is 0.453 e. The predicted molar refractivity (Wildman–Crippen MR) is 206 cm³/mol. The molecule has 3 aliphatic rings. The number of nitrogens with one attached hydrogen (secondary N) is 3. The van der Waals surface area contributed by atoms with Gasteiger partial charge < -0.3 is 25.1 Å². The molecule has 298 valence electrons. The molecular formula is C41H41ClF2N6O7. The average molecular weight is 803 g/mol. The van der Waals surface area contributed by atoms with Crippen LogP contribution in [0.25, 0.3) is 22.4 Å². The summed E-state index contributed by atoms with van der Waals surface area (Å²) in [6.45, 7) is 3.88. The van der Waals surface area contributed by atoms with E-state index in [0.29, 0.717) is 35.3 Å². The highest BCUT2D eigenvalue weighted by atomic mass is 35.5. The minimum atomic E-state index is -3.13. The molecule has 1 aromatic heterocycles. The number of ether oxygens (including phenoxy) is 2. The number of hydrogen-bond donors (Lipinski definition) is 3. The number of halogens is 3. The molecule has 0 aliphatic carbocycles. The Hall–Kier alpha value is -5.83. The number of ketones is 1. The fraction of sp³-hybridized carbons (Fsp3) is 0.366. The number of methoxy groups -OCH3 is 1. The van der Waals surface area contributed by atoms with E-state index in [4.69, 9.17) is 21.1 Å². The zero-order valence-electron chi connectivity index (χ0n) is 31.7. The number of likely N-dealkylation sites (tertiary alicyclic amines) is 1. The molecule has 1 fully saturated rings. The molecule has 0 spiro atoms. The van der Waals surface area contributed by atoms with E-state index < -0.39 is 66.6 Å². The van der Waals surface area contributed by atoms with Crippen molar-refractivity contribution in [2.24, 2.45) is 0 Å². The molecule has 4 amide bonds. The number of amides is 4. The second-order valence-electron chi connectivity index (χ2n) is 15.3. The second-order valence-corrected chi connectivity index (χ2v) is 15.7. The lowest BCUT2D eigenvalue weighted by molar-refractivity contribution is -0.126. The van der Waals surface area contributed by atoms with Crippen LogP contribution < -0.4 is 15.5 Å². The van der Waals surface area contributed by atoms with Crippen molar-refractivity contribution < 1.29 is 42.2 Å². The van der Waals surface area contributed by atoms with E-state index in [0.717, 1.165) is 27.2 Å². The zero-order valence-corrected chi connectivity index (χ0v) is 32.4. The van der Waals surface area contributed by atoms with Crippen molar-refractivity contribution in [2.45, 2.75) is 76.1 Å². The number of aryl methyl sites for hydroxylation is 1. The fourth-order valence-electron chi connectivity index (χ4n) is 7.53. The number of carbonyl (C=O) groups excluding carboxylic acids is 5. The first kappa shape index (κ1) is 39.4. The minimum absolute atomic E-state index is 0.0621. The molecule has 1 saturated heterocycles. The number of para-hydroxylation sites is 1. The van der Waals surface area contributed by atoms with Gasteiger partial charge in [-0.3, -0.25) is 24.2 Å². The molecule has 3 N–H and O–H groups in total. The molecule has 3 aliphatic heterocycles. The van der Waals surface area contributed by atoms with Crippen molar-refractivity contribution in [3.05, 3.63) is 94.4 Å². The maximum absolute atomic E-state index is 14.5. The van der Waals surface area contributed by atoms with Gasteiger partial charge in [-0.05, 0) is 55.9 Å². The number of hydrogen-bond acceptors (Lipinski definition) is 8. The van der Waals surface area contributed by atoms with Gasteiger partial charge in [0.1, 0.15) is 23.5 Å². The number of H-pyrrole nitrogens is 1. The van der Waals surface area contributed by atoms with E-state index in [1.165, 1.54) is 12.0 Å². The molecule has 0 bridgehead atoms. The van der Waals surface area contributed by atoms with E-state index in [2.05, 4.69) is 20.6 Å². The van der Waals surface area contributed by atoms with Crippen LogP contribution in [0.3, 0.4) is 0 Å². The number of aromatic amines is 1. The molecule has 4 heterocycles. The SMILES string of the molecule is COC(=O)N[C@H]1CCc2cccc3c2N(C1=O)[C@H](C(=O)NCC(=O)c1ccc(-c2ccc(-c4[nH]c(C5CC(F)(F)CN5C(=O)OC(C)(C)C)nc4Cl)cc2)cc1)C3. The average Bonchev–Trinajstić information content (AvgIpc) is 3.84. The highest BCUT2D eigenvalue weighted by Crippen LogP contribution is 2.43. The number of nitrogens with zero attached hydrogens (tertiary/aromatic N) is 3. The third-order valence-electron chi connectivity index (χ3n) is 10.2. The fourth-order valence-corrected chi connectivity index (χ4v) is 7.78. The van der Waals surface area contributed by atoms with E-state index >= 15 is 0 Å². The van der Waals surface area contributed by atoms with Gasteiger partial charge in [0, 0.05) is 24.0 Å². The molecule has 4 aromatic rings. The lowest BCUT2D eigenvalue weighted by Crippen LogP contribution is -2.54. The quantitative estimate of drug-likeness (QED) is 0.167. The minimum Gasteiger partial charge on any atom is -0.453 e. The molecule has 3 atom stereocenters. The van der Waals surface area contributed by atoms with Crippen molar-refractivity contribution in [3.63, 3.8) is 0 Å². The number of benzene rings is 3. The first-order valence-electron chi connectivity index (χ1n) is 18.4. The Morgan fingerprint density at radius 1 is 0.982 bits per heavy atom. The van der Waals surface area contributed by atoms with Gasteiger partial charge in [0.2, 0.25) is 11.8 Å². The van der Waals surface area contributed by atoms with Crippen LogP contribution >= 0.6 is 11.6 Å². The molecule has 0 saturated carbocycles. The molecular weight excluding hydrogens is 762 g/mol. The summed E-state index contributed by atoms with van der Waals surface area (Å²) in [6, 6.07) is 16.9. The molecule has 1 unspecified atom stereocenters. The summed E-state index contributed by atoms with van der Waals surface area (Å²) in [6.07, 6.45) is -1.10. The zero-order chi connectivity index (χ0) is 40.8. The first-order chi connectivity index (χ1) is 27.0. The number of Topliss-reactive ketones (excluding diaryl/α,β-unsaturated/α-hetero) is 1. The lowest BCUT2D eigenvalue weighted by atomic mass is 10.0. The maximum atomic E-state index is 14.5. The Labute approximate surface area is 332 Å². The van der Waals surface area contributed by atoms with E-state index in [-0.39, 0.29) is 29.7 Å². The normalized spacial score (nSPS) is 19.8. The maximum Gasteiger partial charge on any atom is 0.411 e. The van der Waals surface area contributed by atoms with Crippen molar-refractivity contribution >= 4 is 47.1 Å². The van der Waals surface area contributed by atoms with Crippen LogP contribution in [0, 0.1) is 0 Å². The first-order valence-corrected chi connectivity index (χ1v) is 18.8. The van der Waals surface area contributed by atoms with Crippen molar-refractivity contribution in [1.82, 2.24) is 25.5 Å². The third kappa shape index (κ3) is 8.20. The van der Waals surface area contributed by atoms with Crippen LogP contribution in [-0.2, 0) is 31.9 Å². The Balaban J connectivity index is 0.992. The van der Waals surface area contributed by atoms with E-state index in [1.807, 2.05) is 30.3 Å². The van der Waals surface area contributed by atoms with Crippen LogP contribution in [0.2, 0.25) is 5.15 Å². The van der Waals surface area contributed by atoms with Crippen LogP contribution in [-0.4, -0.2) is 88.5 Å². The summed E-state index contributed by atoms with van der Waals surface area (Å²) in [5, 5.41) is 5.35. The van der Waals surface area contributed by atoms with Gasteiger partial charge in [0.15, 0.2) is 10.9 Å². The lowest BCUT2D eigenvalue weighted by Gasteiger charge is -2.27. The number of alkyl halides is 2. The Morgan fingerprint density at radius 2 is 1.63 bits per heavy atom. The van der Waals surface area contributed by atoms with Crippen LogP contribution in [0.4, 0.5) is 24.1 Å². The monoisotopic (exact) mass is 802 g/mol. The number of aromatic nitrogens is 2. The summed E-state index contributed by atoms with van der Waals surface area (Å²) < 4.78 is 39.1. The smallest absolute Gasteiger partial charge is 0.411 e. The summed E-state index contributed by atoms with van der Waals surface area (Å²) in [7, 11) is 1.21. The topological polar surface area (TPSA) is 163 Å². The molecule has 3 aromatic carbocycles. The molecule has 16 heteroatoms. The van der Waals surface area contributed by atoms with Crippen LogP contribution in [0.1, 0.15) is 67.0 Å². The number of rotatable bonds is 8. The molecule has 57 heavy (non-hydrogen) atoms. The van der Waals surface area contributed by atoms with Crippen molar-refractivity contribution in [3.8, 4) is 22.4 Å². The standard InChI is InChI=1S/C41H41ClF2N6O7/c1-40(2,3)57-39(55)49-21-41(43,44)19-30(49)35-47-32(34(42)48-35)25-14-10-23(11-15-25)22-8-12-24(13-9-22)31(51)20-45-36(52)29-18-27-7-5-6-26-16-17-28(46-38(54)56-4)37(53)50(29)33(26)27/h5-15,28-30H,16-21H2,1-4H3,(H,45,52)(H,46,54)(H,47,48)/t28-,29-,30?/m0/s1. The Bertz CT molecular complexity index is 2240. The van der Waals surface area contributed by atoms with Crippen LogP contribution in [0.15, 0.2) is 66.7 Å². The van der Waals surface area contributed by atoms with Gasteiger partial charge in [0.05, 0.1) is 37.6 Å². The van der Waals surface area contributed by atoms with Gasteiger partial charge in [-0.2, -0.15) is 0 Å². The highest BCUT2D eigenvalue weighted by Gasteiger charge is 2.50. The number of anilines is 1. The predicted octanol–water partition coefficient (Wildman–Crippen LogP) is 6.64. The van der Waals surface area contributed by atoms with Crippen LogP contribution in [0.5, 0.6) is 0 Å². The van der Waals surface area contributed by atoms with Gasteiger partial charge in [-0.15, -0.1) is 0 Å². The summed E-state index contributed by atoms with van der Waals surface area (Å²) in [4.78, 5) is 74.9. The highest BCUT2D eigenvalue weighted by molar-refractivity contribution is 6.32. The van der Waals surface area contributed by atoms with Crippen molar-refractivity contribution in [2.75, 3.05) is 25.1 Å². The van der Waals surface area contributed by atoms with Gasteiger partial charge in [-0.1, -0.05) is 78.3 Å². The van der Waals surface area contributed by atoms with E-state index in [9.17, 15) is 32.8 Å². The Morgan fingerprint density at radius 3 is 2.30 bits per heavy atom. The summed E-state index contributed by atoms with van der Waals surface area (Å²) in [5.74, 6) is -4.24. The van der Waals surface area contributed by atoms with Gasteiger partial charge >= 0.3 is 12.2 Å². The molecule has 7 rings (SSSR count). The number of carbonyl (C=O) groups is 5. The number of imidazole rings is 1. The third-order valence-corrected chi connectivity index (χ3v) is 10.5. The van der Waals surface area contributed by atoms with E-state index in [1.54, 1.807) is 57.2 Å². The summed E-state index contributed by atoms with van der Waals surface area (Å²) >= 11 is 6.48. The van der Waals surface area contributed by atoms with Gasteiger partial charge in [0.25, 0.3) is 5.92 Å². The number of alkyl carbamates (subject to hydrolysis) is 1. The second kappa shape index (κ2) is 15.3.